The predicted molar refractivity (Wildman–Crippen MR) is 102 cm³/mol. The zero-order chi connectivity index (χ0) is 20.9. The van der Waals surface area contributed by atoms with Crippen LogP contribution in [0.3, 0.4) is 0 Å². The molecule has 9 nitrogen and oxygen atoms in total. The molecule has 0 unspecified atom stereocenters. The van der Waals surface area contributed by atoms with E-state index in [4.69, 9.17) is 4.74 Å². The first-order chi connectivity index (χ1) is 13.1. The van der Waals surface area contributed by atoms with Gasteiger partial charge in [-0.25, -0.2) is 13.2 Å². The summed E-state index contributed by atoms with van der Waals surface area (Å²) in [6.07, 6.45) is 1.94. The Kier molecular flexibility index (Phi) is 7.11. The summed E-state index contributed by atoms with van der Waals surface area (Å²) in [6.45, 7) is 3.37. The minimum Gasteiger partial charge on any atom is -0.452 e. The normalized spacial score (nSPS) is 17.9. The van der Waals surface area contributed by atoms with Crippen LogP contribution in [0.5, 0.6) is 0 Å². The van der Waals surface area contributed by atoms with Crippen LogP contribution in [0.4, 0.5) is 5.69 Å². The molecule has 1 saturated heterocycles. The van der Waals surface area contributed by atoms with E-state index in [0.717, 1.165) is 12.8 Å². The van der Waals surface area contributed by atoms with E-state index in [9.17, 15) is 28.1 Å². The lowest BCUT2D eigenvalue weighted by molar-refractivity contribution is -0.385. The molecule has 0 saturated carbocycles. The minimum absolute atomic E-state index is 0.0510. The topological polar surface area (TPSA) is 124 Å². The van der Waals surface area contributed by atoms with Crippen molar-refractivity contribution in [3.05, 3.63) is 39.4 Å². The second-order valence-corrected chi connectivity index (χ2v) is 9.06. The summed E-state index contributed by atoms with van der Waals surface area (Å²) in [6, 6.07) is 3.43. The number of sulfone groups is 1. The highest BCUT2D eigenvalue weighted by Crippen LogP contribution is 2.20. The molecule has 1 atom stereocenters. The Bertz CT molecular complexity index is 867. The Morgan fingerprint density at radius 2 is 2.07 bits per heavy atom. The van der Waals surface area contributed by atoms with Crippen LogP contribution in [-0.4, -0.2) is 60.8 Å². The first-order valence-electron chi connectivity index (χ1n) is 9.06. The van der Waals surface area contributed by atoms with Gasteiger partial charge >= 0.3 is 5.97 Å². The van der Waals surface area contributed by atoms with E-state index in [1.54, 1.807) is 0 Å². The lowest BCUT2D eigenvalue weighted by Crippen LogP contribution is -2.43. The van der Waals surface area contributed by atoms with Crippen LogP contribution < -0.4 is 0 Å². The molecule has 1 aliphatic rings. The van der Waals surface area contributed by atoms with Crippen LogP contribution in [0, 0.1) is 17.0 Å². The van der Waals surface area contributed by atoms with Crippen molar-refractivity contribution in [1.82, 2.24) is 4.90 Å². The number of ether oxygens (including phenoxy) is 1. The molecular formula is C18H24N2O7S. The summed E-state index contributed by atoms with van der Waals surface area (Å²) in [4.78, 5) is 36.5. The number of nitro benzene ring substituents is 1. The van der Waals surface area contributed by atoms with Crippen molar-refractivity contribution in [3.8, 4) is 0 Å². The van der Waals surface area contributed by atoms with Crippen LogP contribution in [0.2, 0.25) is 0 Å². The number of benzene rings is 1. The molecule has 0 radical (unpaired) electrons. The van der Waals surface area contributed by atoms with Gasteiger partial charge in [0.2, 0.25) is 0 Å². The van der Waals surface area contributed by atoms with Gasteiger partial charge < -0.3 is 9.64 Å². The third kappa shape index (κ3) is 5.51. The van der Waals surface area contributed by atoms with Crippen molar-refractivity contribution < 1.29 is 27.7 Å². The molecule has 10 heteroatoms. The number of amides is 1. The molecular weight excluding hydrogens is 388 g/mol. The molecule has 0 bridgehead atoms. The van der Waals surface area contributed by atoms with Gasteiger partial charge in [0.05, 0.1) is 22.0 Å². The number of carbonyl (C=O) groups excluding carboxylic acids is 2. The highest BCUT2D eigenvalue weighted by Gasteiger charge is 2.34. The van der Waals surface area contributed by atoms with E-state index in [1.807, 2.05) is 6.92 Å². The number of aryl methyl sites for hydroxylation is 1. The Balaban J connectivity index is 2.02. The number of unbranched alkanes of at least 4 members (excludes halogenated alkanes) is 1. The molecule has 0 N–H and O–H groups in total. The second kappa shape index (κ2) is 9.13. The molecule has 1 aliphatic heterocycles. The lowest BCUT2D eigenvalue weighted by Gasteiger charge is -2.28. The van der Waals surface area contributed by atoms with Crippen molar-refractivity contribution in [2.45, 2.75) is 39.2 Å². The molecule has 1 fully saturated rings. The van der Waals surface area contributed by atoms with Crippen LogP contribution in [0.1, 0.15) is 42.1 Å². The Morgan fingerprint density at radius 3 is 2.61 bits per heavy atom. The fraction of sp³-hybridized carbons (Fsp3) is 0.556. The predicted octanol–water partition coefficient (Wildman–Crippen LogP) is 1.88. The maximum absolute atomic E-state index is 12.6. The largest absolute Gasteiger partial charge is 0.452 e. The molecule has 1 amide bonds. The van der Waals surface area contributed by atoms with E-state index < -0.39 is 39.3 Å². The zero-order valence-corrected chi connectivity index (χ0v) is 16.7. The number of esters is 1. The summed E-state index contributed by atoms with van der Waals surface area (Å²) in [7, 11) is -3.15. The summed E-state index contributed by atoms with van der Waals surface area (Å²) in [5.74, 6) is -1.23. The first-order valence-corrected chi connectivity index (χ1v) is 10.9. The molecule has 1 heterocycles. The fourth-order valence-corrected chi connectivity index (χ4v) is 4.87. The van der Waals surface area contributed by atoms with E-state index in [0.29, 0.717) is 18.5 Å². The van der Waals surface area contributed by atoms with Gasteiger partial charge in [-0.05, 0) is 31.9 Å². The van der Waals surface area contributed by atoms with Gasteiger partial charge in [-0.2, -0.15) is 0 Å². The van der Waals surface area contributed by atoms with Crippen molar-refractivity contribution in [1.29, 1.82) is 0 Å². The van der Waals surface area contributed by atoms with Gasteiger partial charge in [0.25, 0.3) is 11.6 Å². The van der Waals surface area contributed by atoms with Crippen LogP contribution in [0.15, 0.2) is 18.2 Å². The summed E-state index contributed by atoms with van der Waals surface area (Å²) >= 11 is 0. The smallest absolute Gasteiger partial charge is 0.338 e. The Labute approximate surface area is 163 Å². The lowest BCUT2D eigenvalue weighted by atomic mass is 10.1. The minimum atomic E-state index is -3.15. The average Bonchev–Trinajstić information content (AvgIpc) is 2.99. The number of nitrogens with zero attached hydrogens (tertiary/aromatic N) is 2. The quantitative estimate of drug-likeness (QED) is 0.363. The van der Waals surface area contributed by atoms with Gasteiger partial charge in [0.1, 0.15) is 0 Å². The van der Waals surface area contributed by atoms with E-state index >= 15 is 0 Å². The molecule has 0 aromatic heterocycles. The average molecular weight is 412 g/mol. The zero-order valence-electron chi connectivity index (χ0n) is 15.9. The first kappa shape index (κ1) is 21.8. The van der Waals surface area contributed by atoms with Gasteiger partial charge in [0, 0.05) is 24.2 Å². The van der Waals surface area contributed by atoms with Crippen LogP contribution >= 0.6 is 0 Å². The maximum atomic E-state index is 12.6. The third-order valence-electron chi connectivity index (χ3n) is 4.68. The van der Waals surface area contributed by atoms with E-state index in [-0.39, 0.29) is 22.8 Å². The monoisotopic (exact) mass is 412 g/mol. The highest BCUT2D eigenvalue weighted by molar-refractivity contribution is 7.91. The van der Waals surface area contributed by atoms with Crippen molar-refractivity contribution in [3.63, 3.8) is 0 Å². The fourth-order valence-electron chi connectivity index (χ4n) is 3.14. The summed E-state index contributed by atoms with van der Waals surface area (Å²) in [5, 5.41) is 10.8. The number of hydrogen-bond acceptors (Lipinski definition) is 7. The summed E-state index contributed by atoms with van der Waals surface area (Å²) < 4.78 is 28.5. The molecule has 1 aromatic rings. The third-order valence-corrected chi connectivity index (χ3v) is 6.43. The Morgan fingerprint density at radius 1 is 1.36 bits per heavy atom. The van der Waals surface area contributed by atoms with Crippen molar-refractivity contribution in [2.24, 2.45) is 0 Å². The molecule has 2 rings (SSSR count). The molecule has 0 aliphatic carbocycles. The summed E-state index contributed by atoms with van der Waals surface area (Å²) in [5.41, 5.74) is 0.312. The van der Waals surface area contributed by atoms with Gasteiger partial charge in [0.15, 0.2) is 16.4 Å². The van der Waals surface area contributed by atoms with E-state index in [2.05, 4.69) is 0 Å². The van der Waals surface area contributed by atoms with Crippen LogP contribution in [0.25, 0.3) is 0 Å². The maximum Gasteiger partial charge on any atom is 0.338 e. The second-order valence-electron chi connectivity index (χ2n) is 6.83. The highest BCUT2D eigenvalue weighted by atomic mass is 32.2. The number of rotatable bonds is 8. The van der Waals surface area contributed by atoms with Crippen molar-refractivity contribution >= 4 is 27.4 Å². The van der Waals surface area contributed by atoms with Crippen LogP contribution in [-0.2, 0) is 19.4 Å². The number of hydrogen-bond donors (Lipinski definition) is 0. The Hall–Kier alpha value is -2.49. The molecule has 1 aromatic carbocycles. The molecule has 28 heavy (non-hydrogen) atoms. The van der Waals surface area contributed by atoms with E-state index in [1.165, 1.54) is 30.0 Å². The van der Waals surface area contributed by atoms with Gasteiger partial charge in [-0.15, -0.1) is 0 Å². The molecule has 0 spiro atoms. The van der Waals surface area contributed by atoms with Crippen molar-refractivity contribution in [2.75, 3.05) is 24.7 Å². The molecule has 154 valence electrons. The number of nitro groups is 1. The number of carbonyl (C=O) groups is 2. The standard InChI is InChI=1S/C18H24N2O7S/c1-3-4-8-19(15-7-9-28(25,26)12-15)17(21)11-27-18(22)14-5-6-16(20(23)24)13(2)10-14/h5-6,10,15H,3-4,7-9,11-12H2,1-2H3/t15-/m1/s1. The van der Waals surface area contributed by atoms with Gasteiger partial charge in [-0.1, -0.05) is 13.3 Å². The SMILES string of the molecule is CCCCN(C(=O)COC(=O)c1ccc([N+](=O)[O-])c(C)c1)[C@@H]1CCS(=O)(=O)C1. The van der Waals surface area contributed by atoms with Gasteiger partial charge in [-0.3, -0.25) is 14.9 Å².